The van der Waals surface area contributed by atoms with Crippen molar-refractivity contribution in [1.29, 1.82) is 0 Å². The van der Waals surface area contributed by atoms with Crippen molar-refractivity contribution >= 4 is 107 Å². The molecule has 11 aromatic rings. The first-order chi connectivity index (χ1) is 22.8. The first kappa shape index (κ1) is 24.8. The molecule has 7 aromatic carbocycles. The van der Waals surface area contributed by atoms with Gasteiger partial charge in [-0.05, 0) is 53.6 Å². The minimum absolute atomic E-state index is 0.902. The van der Waals surface area contributed by atoms with Crippen LogP contribution in [0, 0.1) is 0 Å². The molecule has 0 atom stereocenters. The number of benzene rings is 7. The van der Waals surface area contributed by atoms with Crippen LogP contribution in [-0.2, 0) is 0 Å². The Hall–Kier alpha value is -5.42. The van der Waals surface area contributed by atoms with Gasteiger partial charge in [0.2, 0.25) is 0 Å². The maximum Gasteiger partial charge on any atom is 0.137 e. The van der Waals surface area contributed by atoms with Crippen molar-refractivity contribution in [2.24, 2.45) is 0 Å². The highest BCUT2D eigenvalue weighted by Gasteiger charge is 2.19. The van der Waals surface area contributed by atoms with E-state index in [1.54, 1.807) is 0 Å². The number of para-hydroxylation sites is 1. The van der Waals surface area contributed by atoms with Crippen LogP contribution in [0.1, 0.15) is 0 Å². The van der Waals surface area contributed by atoms with Gasteiger partial charge in [-0.1, -0.05) is 91.0 Å². The number of hydrogen-bond acceptors (Lipinski definition) is 3. The van der Waals surface area contributed by atoms with Crippen LogP contribution in [0.15, 0.2) is 144 Å². The van der Waals surface area contributed by atoms with E-state index in [0.717, 1.165) is 27.6 Å². The van der Waals surface area contributed by atoms with Crippen LogP contribution >= 0.6 is 22.7 Å². The van der Waals surface area contributed by atoms with E-state index in [4.69, 9.17) is 4.42 Å². The molecule has 0 saturated carbocycles. The van der Waals surface area contributed by atoms with E-state index in [1.807, 2.05) is 22.7 Å². The summed E-state index contributed by atoms with van der Waals surface area (Å²) in [5.74, 6) is 0. The summed E-state index contributed by atoms with van der Waals surface area (Å²) < 4.78 is 14.4. The average Bonchev–Trinajstić information content (AvgIpc) is 3.86. The lowest BCUT2D eigenvalue weighted by atomic mass is 10.0. The van der Waals surface area contributed by atoms with Crippen molar-refractivity contribution in [1.82, 2.24) is 4.57 Å². The molecule has 0 amide bonds. The lowest BCUT2D eigenvalue weighted by Crippen LogP contribution is -1.93. The molecule has 0 aliphatic heterocycles. The maximum atomic E-state index is 6.68. The van der Waals surface area contributed by atoms with Crippen molar-refractivity contribution in [2.45, 2.75) is 0 Å². The molecule has 4 heteroatoms. The summed E-state index contributed by atoms with van der Waals surface area (Å²) in [5, 5.41) is 10.1. The van der Waals surface area contributed by atoms with Crippen LogP contribution in [0.5, 0.6) is 0 Å². The second-order valence-corrected chi connectivity index (χ2v) is 14.2. The Morgan fingerprint density at radius 1 is 0.435 bits per heavy atom. The summed E-state index contributed by atoms with van der Waals surface area (Å²) in [4.78, 5) is 0. The van der Waals surface area contributed by atoms with Crippen LogP contribution in [0.4, 0.5) is 0 Å². The zero-order valence-corrected chi connectivity index (χ0v) is 26.1. The predicted octanol–water partition coefficient (Wildman–Crippen LogP) is 13.1. The van der Waals surface area contributed by atoms with E-state index in [1.165, 1.54) is 73.3 Å². The number of rotatable bonds is 2. The van der Waals surface area contributed by atoms with Gasteiger partial charge >= 0.3 is 0 Å². The predicted molar refractivity (Wildman–Crippen MR) is 199 cm³/mol. The number of furan rings is 1. The standard InChI is InChI=1S/C42H23NOS2/c1-4-13-35-27(8-1)32-20-21-34-31-10-3-6-15-39(31)46-42(34)40(32)43(35)25-17-19-29-28-18-16-24(22-36(28)44-37(29)23-25)26-11-7-12-33-30-9-2-5-14-38(30)45-41(26)33/h1-23H. The molecule has 0 saturated heterocycles. The summed E-state index contributed by atoms with van der Waals surface area (Å²) in [6, 6.07) is 50.8. The van der Waals surface area contributed by atoms with Gasteiger partial charge in [-0.15, -0.1) is 22.7 Å². The Kier molecular flexibility index (Phi) is 4.90. The molecule has 4 aromatic heterocycles. The Morgan fingerprint density at radius 2 is 1.04 bits per heavy atom. The molecule has 11 rings (SSSR count). The van der Waals surface area contributed by atoms with Gasteiger partial charge in [0.15, 0.2) is 0 Å². The molecule has 0 unspecified atom stereocenters. The first-order valence-corrected chi connectivity index (χ1v) is 17.1. The quantitative estimate of drug-likeness (QED) is 0.188. The molecule has 2 nitrogen and oxygen atoms in total. The van der Waals surface area contributed by atoms with Crippen molar-refractivity contribution in [3.63, 3.8) is 0 Å². The fourth-order valence-electron chi connectivity index (χ4n) is 7.55. The van der Waals surface area contributed by atoms with Crippen LogP contribution in [0.2, 0.25) is 0 Å². The highest BCUT2D eigenvalue weighted by atomic mass is 32.1. The second kappa shape index (κ2) is 9.07. The number of aromatic nitrogens is 1. The number of hydrogen-bond donors (Lipinski definition) is 0. The lowest BCUT2D eigenvalue weighted by molar-refractivity contribution is 0.669. The molecular formula is C42H23NOS2. The van der Waals surface area contributed by atoms with Crippen LogP contribution in [0.25, 0.3) is 101 Å². The Morgan fingerprint density at radius 3 is 1.87 bits per heavy atom. The summed E-state index contributed by atoms with van der Waals surface area (Å²) in [7, 11) is 0. The Balaban J connectivity index is 1.14. The smallest absolute Gasteiger partial charge is 0.137 e. The van der Waals surface area contributed by atoms with Gasteiger partial charge in [0.25, 0.3) is 0 Å². The van der Waals surface area contributed by atoms with E-state index < -0.39 is 0 Å². The van der Waals surface area contributed by atoms with E-state index in [0.29, 0.717) is 0 Å². The van der Waals surface area contributed by atoms with E-state index in [2.05, 4.69) is 144 Å². The summed E-state index contributed by atoms with van der Waals surface area (Å²) >= 11 is 3.75. The van der Waals surface area contributed by atoms with Gasteiger partial charge in [-0.2, -0.15) is 0 Å². The van der Waals surface area contributed by atoms with Crippen molar-refractivity contribution in [3.8, 4) is 16.8 Å². The maximum absolute atomic E-state index is 6.68. The molecule has 0 bridgehead atoms. The zero-order valence-electron chi connectivity index (χ0n) is 24.5. The third-order valence-electron chi connectivity index (χ3n) is 9.61. The fourth-order valence-corrected chi connectivity index (χ4v) is 10.0. The lowest BCUT2D eigenvalue weighted by Gasteiger charge is -2.08. The molecular weight excluding hydrogens is 599 g/mol. The Labute approximate surface area is 270 Å². The summed E-state index contributed by atoms with van der Waals surface area (Å²) in [6.07, 6.45) is 0. The summed E-state index contributed by atoms with van der Waals surface area (Å²) in [6.45, 7) is 0. The molecule has 0 radical (unpaired) electrons. The average molecular weight is 622 g/mol. The van der Waals surface area contributed by atoms with Crippen LogP contribution in [-0.4, -0.2) is 4.57 Å². The van der Waals surface area contributed by atoms with Gasteiger partial charge < -0.3 is 8.98 Å². The molecule has 0 spiro atoms. The van der Waals surface area contributed by atoms with Crippen LogP contribution < -0.4 is 0 Å². The number of fused-ring (bicyclic) bond motifs is 13. The Bertz CT molecular complexity index is 3040. The van der Waals surface area contributed by atoms with E-state index in [-0.39, 0.29) is 0 Å². The molecule has 214 valence electrons. The van der Waals surface area contributed by atoms with Gasteiger partial charge in [0.1, 0.15) is 11.2 Å². The molecule has 0 fully saturated rings. The van der Waals surface area contributed by atoms with Gasteiger partial charge in [0, 0.05) is 68.9 Å². The van der Waals surface area contributed by atoms with E-state index >= 15 is 0 Å². The summed E-state index contributed by atoms with van der Waals surface area (Å²) in [5.41, 5.74) is 7.82. The first-order valence-electron chi connectivity index (χ1n) is 15.5. The number of nitrogens with zero attached hydrogens (tertiary/aromatic N) is 1. The van der Waals surface area contributed by atoms with Gasteiger partial charge in [0.05, 0.1) is 15.7 Å². The molecule has 0 aliphatic rings. The molecule has 0 N–H and O–H groups in total. The molecule has 0 aliphatic carbocycles. The normalized spacial score (nSPS) is 12.3. The fraction of sp³-hybridized carbons (Fsp3) is 0. The largest absolute Gasteiger partial charge is 0.456 e. The second-order valence-electron chi connectivity index (χ2n) is 12.1. The highest BCUT2D eigenvalue weighted by molar-refractivity contribution is 7.27. The molecule has 46 heavy (non-hydrogen) atoms. The SMILES string of the molecule is c1ccc2c(c1)sc1c(-c3ccc4c(c3)oc3cc(-n5c6ccccc6c6ccc7c8ccccc8sc7c65)ccc34)cccc12. The zero-order chi connectivity index (χ0) is 29.9. The highest BCUT2D eigenvalue weighted by Crippen LogP contribution is 2.44. The van der Waals surface area contributed by atoms with E-state index in [9.17, 15) is 0 Å². The molecule has 4 heterocycles. The van der Waals surface area contributed by atoms with Crippen LogP contribution in [0.3, 0.4) is 0 Å². The minimum atomic E-state index is 0.902. The monoisotopic (exact) mass is 621 g/mol. The van der Waals surface area contributed by atoms with Crippen molar-refractivity contribution < 1.29 is 4.42 Å². The third-order valence-corrected chi connectivity index (χ3v) is 12.0. The third kappa shape index (κ3) is 3.30. The van der Waals surface area contributed by atoms with Crippen molar-refractivity contribution in [2.75, 3.05) is 0 Å². The minimum Gasteiger partial charge on any atom is -0.456 e. The van der Waals surface area contributed by atoms with Crippen molar-refractivity contribution in [3.05, 3.63) is 140 Å². The topological polar surface area (TPSA) is 18.1 Å². The van der Waals surface area contributed by atoms with Gasteiger partial charge in [-0.25, -0.2) is 0 Å². The number of thiophene rings is 2. The van der Waals surface area contributed by atoms with Gasteiger partial charge in [-0.3, -0.25) is 0 Å².